The largest absolute Gasteiger partial charge is 0.466 e. The molecule has 0 aromatic carbocycles. The summed E-state index contributed by atoms with van der Waals surface area (Å²) in [5, 5.41) is 23.2. The van der Waals surface area contributed by atoms with E-state index in [1.54, 1.807) is 6.08 Å². The van der Waals surface area contributed by atoms with Gasteiger partial charge in [0.15, 0.2) is 0 Å². The van der Waals surface area contributed by atoms with Crippen molar-refractivity contribution in [1.82, 2.24) is 5.32 Å². The van der Waals surface area contributed by atoms with Crippen molar-refractivity contribution in [2.75, 3.05) is 13.2 Å². The summed E-state index contributed by atoms with van der Waals surface area (Å²) in [4.78, 5) is 24.5. The van der Waals surface area contributed by atoms with Gasteiger partial charge in [-0.2, -0.15) is 0 Å². The molecule has 6 heteroatoms. The molecule has 0 aliphatic carbocycles. The van der Waals surface area contributed by atoms with E-state index >= 15 is 0 Å². The van der Waals surface area contributed by atoms with Gasteiger partial charge in [-0.3, -0.25) is 9.59 Å². The van der Waals surface area contributed by atoms with Gasteiger partial charge in [-0.15, -0.1) is 0 Å². The highest BCUT2D eigenvalue weighted by molar-refractivity contribution is 5.76. The minimum absolute atomic E-state index is 0.0360. The number of aliphatic hydroxyl groups is 2. The number of nitrogens with one attached hydrogen (secondary N) is 1. The number of hydrogen-bond acceptors (Lipinski definition) is 5. The Labute approximate surface area is 417 Å². The van der Waals surface area contributed by atoms with E-state index in [0.717, 1.165) is 83.5 Å². The Morgan fingerprint density at radius 1 is 0.403 bits per heavy atom. The van der Waals surface area contributed by atoms with Gasteiger partial charge in [-0.05, 0) is 83.5 Å². The van der Waals surface area contributed by atoms with Crippen molar-refractivity contribution in [3.63, 3.8) is 0 Å². The van der Waals surface area contributed by atoms with Crippen LogP contribution in [0.4, 0.5) is 0 Å². The van der Waals surface area contributed by atoms with Crippen molar-refractivity contribution in [3.8, 4) is 0 Å². The third-order valence-electron chi connectivity index (χ3n) is 13.6. The Morgan fingerprint density at radius 2 is 0.701 bits per heavy atom. The zero-order chi connectivity index (χ0) is 48.6. The van der Waals surface area contributed by atoms with Crippen LogP contribution in [0.5, 0.6) is 0 Å². The molecule has 2 atom stereocenters. The molecule has 0 aromatic rings. The van der Waals surface area contributed by atoms with Crippen LogP contribution in [0.2, 0.25) is 0 Å². The fraction of sp³-hybridized carbons (Fsp3) is 0.869. The maximum absolute atomic E-state index is 12.5. The van der Waals surface area contributed by atoms with E-state index in [2.05, 4.69) is 43.5 Å². The molecule has 67 heavy (non-hydrogen) atoms. The highest BCUT2D eigenvalue weighted by atomic mass is 16.5. The monoisotopic (exact) mass is 942 g/mol. The first-order valence-electron chi connectivity index (χ1n) is 29.8. The standard InChI is InChI=1S/C61H115NO5/c1-3-5-7-9-11-13-15-17-19-21-22-23-24-25-27-28-30-33-37-41-45-49-53-59(64)58(57-63)62-60(65)54-50-46-42-38-34-32-36-40-44-48-52-56-67-61(66)55-51-47-43-39-35-31-29-26-20-18-16-14-12-10-8-6-4-2/h18,20,36,40,49,53,58-59,63-64H,3-17,19,21-35,37-39,41-48,50-52,54-57H2,1-2H3,(H,62,65)/b20-18-,40-36-,53-49+. The first-order valence-corrected chi connectivity index (χ1v) is 29.8. The Morgan fingerprint density at radius 3 is 1.06 bits per heavy atom. The zero-order valence-corrected chi connectivity index (χ0v) is 44.9. The number of esters is 1. The number of hydrogen-bond donors (Lipinski definition) is 3. The van der Waals surface area contributed by atoms with Crippen molar-refractivity contribution in [2.45, 2.75) is 328 Å². The lowest BCUT2D eigenvalue weighted by atomic mass is 10.0. The molecule has 0 radical (unpaired) electrons. The van der Waals surface area contributed by atoms with Gasteiger partial charge in [0.25, 0.3) is 0 Å². The number of amides is 1. The fourth-order valence-corrected chi connectivity index (χ4v) is 9.03. The summed E-state index contributed by atoms with van der Waals surface area (Å²) in [6.07, 6.45) is 70.3. The van der Waals surface area contributed by atoms with E-state index in [1.165, 1.54) is 205 Å². The number of carbonyl (C=O) groups is 2. The number of ether oxygens (including phenoxy) is 1. The lowest BCUT2D eigenvalue weighted by Crippen LogP contribution is -2.45. The molecule has 0 heterocycles. The number of unbranched alkanes of at least 4 members (excludes halogenated alkanes) is 40. The van der Waals surface area contributed by atoms with Crippen LogP contribution >= 0.6 is 0 Å². The molecule has 0 aromatic heterocycles. The van der Waals surface area contributed by atoms with E-state index in [4.69, 9.17) is 4.74 Å². The van der Waals surface area contributed by atoms with Crippen molar-refractivity contribution < 1.29 is 24.5 Å². The summed E-state index contributed by atoms with van der Waals surface area (Å²) in [5.74, 6) is -0.131. The first-order chi connectivity index (χ1) is 33.0. The van der Waals surface area contributed by atoms with E-state index in [-0.39, 0.29) is 18.5 Å². The molecule has 2 unspecified atom stereocenters. The molecule has 1 amide bonds. The SMILES string of the molecule is CCCCCCCC/C=C\CCCCCCCCCC(=O)OCCCC/C=C\CCCCCCCC(=O)NC(CO)C(O)/C=C/CCCCCCCCCCCCCCCCCCCCCC. The molecular formula is C61H115NO5. The minimum Gasteiger partial charge on any atom is -0.466 e. The van der Waals surface area contributed by atoms with Gasteiger partial charge < -0.3 is 20.3 Å². The van der Waals surface area contributed by atoms with Gasteiger partial charge in [0.05, 0.1) is 25.4 Å². The van der Waals surface area contributed by atoms with Crippen molar-refractivity contribution in [3.05, 3.63) is 36.5 Å². The second-order valence-electron chi connectivity index (χ2n) is 20.3. The lowest BCUT2D eigenvalue weighted by molar-refractivity contribution is -0.143. The maximum Gasteiger partial charge on any atom is 0.305 e. The number of rotatable bonds is 55. The smallest absolute Gasteiger partial charge is 0.305 e. The second-order valence-corrected chi connectivity index (χ2v) is 20.3. The van der Waals surface area contributed by atoms with Gasteiger partial charge in [-0.25, -0.2) is 0 Å². The highest BCUT2D eigenvalue weighted by Crippen LogP contribution is 2.17. The molecule has 0 aliphatic heterocycles. The Kier molecular flexibility index (Phi) is 55.0. The summed E-state index contributed by atoms with van der Waals surface area (Å²) in [5.41, 5.74) is 0. The van der Waals surface area contributed by atoms with Crippen LogP contribution in [-0.4, -0.2) is 47.4 Å². The molecule has 0 spiro atoms. The summed E-state index contributed by atoms with van der Waals surface area (Å²) < 4.78 is 5.45. The van der Waals surface area contributed by atoms with Crippen LogP contribution < -0.4 is 5.32 Å². The number of allylic oxidation sites excluding steroid dienone is 5. The first kappa shape index (κ1) is 65.1. The van der Waals surface area contributed by atoms with E-state index in [0.29, 0.717) is 19.4 Å². The summed E-state index contributed by atoms with van der Waals surface area (Å²) >= 11 is 0. The molecule has 3 N–H and O–H groups in total. The van der Waals surface area contributed by atoms with Crippen molar-refractivity contribution in [2.24, 2.45) is 0 Å². The molecule has 6 nitrogen and oxygen atoms in total. The zero-order valence-electron chi connectivity index (χ0n) is 44.9. The molecule has 0 saturated carbocycles. The van der Waals surface area contributed by atoms with E-state index in [9.17, 15) is 19.8 Å². The molecule has 0 bridgehead atoms. The van der Waals surface area contributed by atoms with Crippen molar-refractivity contribution in [1.29, 1.82) is 0 Å². The fourth-order valence-electron chi connectivity index (χ4n) is 9.03. The van der Waals surface area contributed by atoms with Crippen LogP contribution in [-0.2, 0) is 14.3 Å². The predicted molar refractivity (Wildman–Crippen MR) is 292 cm³/mol. The van der Waals surface area contributed by atoms with Crippen LogP contribution in [0.25, 0.3) is 0 Å². The van der Waals surface area contributed by atoms with Crippen LogP contribution in [0, 0.1) is 0 Å². The average molecular weight is 943 g/mol. The van der Waals surface area contributed by atoms with Gasteiger partial charge >= 0.3 is 5.97 Å². The summed E-state index contributed by atoms with van der Waals surface area (Å²) in [7, 11) is 0. The molecule has 394 valence electrons. The number of aliphatic hydroxyl groups excluding tert-OH is 2. The summed E-state index contributed by atoms with van der Waals surface area (Å²) in [6.45, 7) is 4.84. The minimum atomic E-state index is -0.864. The van der Waals surface area contributed by atoms with E-state index < -0.39 is 12.1 Å². The normalized spacial score (nSPS) is 12.8. The third kappa shape index (κ3) is 53.3. The topological polar surface area (TPSA) is 95.9 Å². The lowest BCUT2D eigenvalue weighted by Gasteiger charge is -2.20. The number of carbonyl (C=O) groups excluding carboxylic acids is 2. The quantitative estimate of drug-likeness (QED) is 0.0321. The molecule has 0 saturated heterocycles. The summed E-state index contributed by atoms with van der Waals surface area (Å²) in [6, 6.07) is -0.651. The Bertz CT molecular complexity index is 1090. The Hall–Kier alpha value is -1.92. The predicted octanol–water partition coefficient (Wildman–Crippen LogP) is 18.4. The van der Waals surface area contributed by atoms with Gasteiger partial charge in [0.1, 0.15) is 0 Å². The second kappa shape index (κ2) is 56.7. The van der Waals surface area contributed by atoms with E-state index in [1.807, 2.05) is 6.08 Å². The molecule has 0 fully saturated rings. The van der Waals surface area contributed by atoms with Gasteiger partial charge in [0.2, 0.25) is 5.91 Å². The highest BCUT2D eigenvalue weighted by Gasteiger charge is 2.18. The van der Waals surface area contributed by atoms with Crippen LogP contribution in [0.15, 0.2) is 36.5 Å². The average Bonchev–Trinajstić information content (AvgIpc) is 3.33. The maximum atomic E-state index is 12.5. The third-order valence-corrected chi connectivity index (χ3v) is 13.6. The van der Waals surface area contributed by atoms with Crippen LogP contribution in [0.3, 0.4) is 0 Å². The molecule has 0 aliphatic rings. The van der Waals surface area contributed by atoms with Gasteiger partial charge in [-0.1, -0.05) is 256 Å². The Balaban J connectivity index is 3.53. The van der Waals surface area contributed by atoms with Crippen LogP contribution in [0.1, 0.15) is 316 Å². The van der Waals surface area contributed by atoms with Gasteiger partial charge in [0, 0.05) is 12.8 Å². The van der Waals surface area contributed by atoms with Crippen molar-refractivity contribution >= 4 is 11.9 Å². The molecular weight excluding hydrogens is 827 g/mol. The molecule has 0 rings (SSSR count).